The molecule has 0 radical (unpaired) electrons. The molecule has 3 rings (SSSR count). The molecule has 0 bridgehead atoms. The lowest BCUT2D eigenvalue weighted by atomic mass is 10.3. The van der Waals surface area contributed by atoms with Gasteiger partial charge in [0.1, 0.15) is 13.5 Å². The first-order valence-electron chi connectivity index (χ1n) is 9.10. The van der Waals surface area contributed by atoms with E-state index in [1.807, 2.05) is 18.3 Å². The van der Waals surface area contributed by atoms with Gasteiger partial charge in [0, 0.05) is 43.3 Å². The van der Waals surface area contributed by atoms with Crippen molar-refractivity contribution in [3.8, 4) is 0 Å². The van der Waals surface area contributed by atoms with Crippen LogP contribution in [0.4, 0.5) is 5.13 Å². The second-order valence-electron chi connectivity index (χ2n) is 7.84. The second-order valence-corrected chi connectivity index (χ2v) is 13.9. The SMILES string of the molecule is CN1CCN(CC(=O)Nc2ncc(/C=C/c3ncc([Si](C)(C)C)o3)s2)CC1. The molecule has 3 heterocycles. The van der Waals surface area contributed by atoms with Crippen LogP contribution < -0.4 is 10.7 Å². The molecule has 0 spiro atoms. The van der Waals surface area contributed by atoms with Gasteiger partial charge >= 0.3 is 0 Å². The minimum absolute atomic E-state index is 0.0167. The molecular formula is C18H27N5O2SSi. The first-order chi connectivity index (χ1) is 12.8. The molecule has 1 N–H and O–H groups in total. The molecule has 2 aromatic heterocycles. The Labute approximate surface area is 165 Å². The summed E-state index contributed by atoms with van der Waals surface area (Å²) in [7, 11) is 0.619. The fraction of sp³-hybridized carbons (Fsp3) is 0.500. The van der Waals surface area contributed by atoms with E-state index in [9.17, 15) is 4.79 Å². The van der Waals surface area contributed by atoms with Crippen LogP contribution in [0.5, 0.6) is 0 Å². The number of thiazole rings is 1. The maximum Gasteiger partial charge on any atom is 0.240 e. The van der Waals surface area contributed by atoms with Crippen LogP contribution in [0.15, 0.2) is 16.8 Å². The molecule has 1 saturated heterocycles. The zero-order valence-corrected chi connectivity index (χ0v) is 18.2. The van der Waals surface area contributed by atoms with E-state index in [2.05, 4.69) is 51.8 Å². The van der Waals surface area contributed by atoms with Gasteiger partial charge in [-0.25, -0.2) is 9.97 Å². The van der Waals surface area contributed by atoms with Gasteiger partial charge in [0.2, 0.25) is 11.8 Å². The number of carbonyl (C=O) groups excluding carboxylic acids is 1. The van der Waals surface area contributed by atoms with E-state index in [-0.39, 0.29) is 5.91 Å². The Bertz CT molecular complexity index is 803. The lowest BCUT2D eigenvalue weighted by Crippen LogP contribution is -2.47. The van der Waals surface area contributed by atoms with E-state index in [1.165, 1.54) is 11.3 Å². The van der Waals surface area contributed by atoms with Gasteiger partial charge < -0.3 is 14.6 Å². The molecule has 146 valence electrons. The topological polar surface area (TPSA) is 74.5 Å². The molecule has 7 nitrogen and oxygen atoms in total. The largest absolute Gasteiger partial charge is 0.447 e. The minimum atomic E-state index is -1.48. The average Bonchev–Trinajstić information content (AvgIpc) is 3.24. The van der Waals surface area contributed by atoms with E-state index in [1.54, 1.807) is 6.20 Å². The smallest absolute Gasteiger partial charge is 0.240 e. The standard InChI is InChI=1S/C18H27N5O2SSi/c1-22-7-9-23(10-8-22)13-15(24)21-18-20-11-14(26-18)5-6-16-19-12-17(25-16)27(2,3)4/h5-6,11-12H,7-10,13H2,1-4H3,(H,20,21,24)/b6-5+. The molecule has 0 atom stereocenters. The van der Waals surface area contributed by atoms with Gasteiger partial charge in [0.25, 0.3) is 0 Å². The summed E-state index contributed by atoms with van der Waals surface area (Å²) in [6.07, 6.45) is 7.32. The third-order valence-electron chi connectivity index (χ3n) is 4.39. The number of hydrogen-bond donors (Lipinski definition) is 1. The van der Waals surface area contributed by atoms with Gasteiger partial charge in [-0.1, -0.05) is 31.0 Å². The number of piperazine rings is 1. The molecule has 1 aliphatic rings. The van der Waals surface area contributed by atoms with E-state index in [0.717, 1.165) is 36.4 Å². The number of nitrogens with one attached hydrogen (secondary N) is 1. The summed E-state index contributed by atoms with van der Waals surface area (Å²) in [6.45, 7) is 10.9. The van der Waals surface area contributed by atoms with Crippen LogP contribution in [-0.4, -0.2) is 73.5 Å². The van der Waals surface area contributed by atoms with Crippen molar-refractivity contribution < 1.29 is 9.21 Å². The summed E-state index contributed by atoms with van der Waals surface area (Å²) in [5, 5.41) is 4.49. The van der Waals surface area contributed by atoms with E-state index < -0.39 is 8.07 Å². The molecule has 0 aliphatic carbocycles. The second kappa shape index (κ2) is 8.47. The highest BCUT2D eigenvalue weighted by Crippen LogP contribution is 2.20. The fourth-order valence-corrected chi connectivity index (χ4v) is 4.25. The minimum Gasteiger partial charge on any atom is -0.447 e. The van der Waals surface area contributed by atoms with Crippen molar-refractivity contribution in [2.24, 2.45) is 0 Å². The van der Waals surface area contributed by atoms with Crippen molar-refractivity contribution in [3.63, 3.8) is 0 Å². The van der Waals surface area contributed by atoms with Crippen LogP contribution in [0.2, 0.25) is 19.6 Å². The Kier molecular flexibility index (Phi) is 6.25. The molecule has 27 heavy (non-hydrogen) atoms. The molecule has 1 aliphatic heterocycles. The van der Waals surface area contributed by atoms with Crippen molar-refractivity contribution in [1.29, 1.82) is 0 Å². The number of oxazole rings is 1. The van der Waals surface area contributed by atoms with Crippen molar-refractivity contribution in [2.75, 3.05) is 45.1 Å². The summed E-state index contributed by atoms with van der Waals surface area (Å²) >= 11 is 1.44. The number of aromatic nitrogens is 2. The monoisotopic (exact) mass is 405 g/mol. The number of likely N-dealkylation sites (N-methyl/N-ethyl adjacent to an activating group) is 1. The average molecular weight is 406 g/mol. The summed E-state index contributed by atoms with van der Waals surface area (Å²) < 4.78 is 5.80. The lowest BCUT2D eigenvalue weighted by Gasteiger charge is -2.31. The Hall–Kier alpha value is -1.81. The first-order valence-corrected chi connectivity index (χ1v) is 13.4. The zero-order chi connectivity index (χ0) is 19.4. The number of amides is 1. The van der Waals surface area contributed by atoms with E-state index >= 15 is 0 Å². The Balaban J connectivity index is 1.52. The van der Waals surface area contributed by atoms with Gasteiger partial charge in [-0.2, -0.15) is 0 Å². The van der Waals surface area contributed by atoms with Crippen molar-refractivity contribution in [2.45, 2.75) is 19.6 Å². The number of nitrogens with zero attached hydrogens (tertiary/aromatic N) is 4. The third kappa shape index (κ3) is 5.83. The Morgan fingerprint density at radius 1 is 1.22 bits per heavy atom. The molecule has 2 aromatic rings. The number of hydrogen-bond acceptors (Lipinski definition) is 7. The van der Waals surface area contributed by atoms with Crippen molar-refractivity contribution in [3.05, 3.63) is 23.2 Å². The highest BCUT2D eigenvalue weighted by Gasteiger charge is 2.21. The van der Waals surface area contributed by atoms with Crippen LogP contribution in [0.25, 0.3) is 12.2 Å². The highest BCUT2D eigenvalue weighted by molar-refractivity contribution is 7.16. The predicted octanol–water partition coefficient (Wildman–Crippen LogP) is 2.03. The normalized spacial score (nSPS) is 16.9. The maximum atomic E-state index is 12.2. The molecule has 0 aromatic carbocycles. The predicted molar refractivity (Wildman–Crippen MR) is 113 cm³/mol. The van der Waals surface area contributed by atoms with Crippen LogP contribution in [0.1, 0.15) is 10.8 Å². The quantitative estimate of drug-likeness (QED) is 0.742. The number of anilines is 1. The van der Waals surface area contributed by atoms with Gasteiger partial charge in [0.05, 0.1) is 12.7 Å². The third-order valence-corrected chi connectivity index (χ3v) is 6.97. The first kappa shape index (κ1) is 19.9. The number of carbonyl (C=O) groups is 1. The maximum absolute atomic E-state index is 12.2. The zero-order valence-electron chi connectivity index (χ0n) is 16.4. The van der Waals surface area contributed by atoms with Gasteiger partial charge in [-0.3, -0.25) is 9.69 Å². The molecule has 1 amide bonds. The Morgan fingerprint density at radius 3 is 2.63 bits per heavy atom. The van der Waals surface area contributed by atoms with E-state index in [4.69, 9.17) is 4.42 Å². The summed E-state index contributed by atoms with van der Waals surface area (Å²) in [5.41, 5.74) is 0. The molecule has 0 unspecified atom stereocenters. The molecule has 9 heteroatoms. The van der Waals surface area contributed by atoms with Gasteiger partial charge in [-0.15, -0.1) is 0 Å². The fourth-order valence-electron chi connectivity index (χ4n) is 2.65. The van der Waals surface area contributed by atoms with Crippen LogP contribution >= 0.6 is 11.3 Å². The molecule has 0 saturated carbocycles. The van der Waals surface area contributed by atoms with Gasteiger partial charge in [0.15, 0.2) is 5.13 Å². The lowest BCUT2D eigenvalue weighted by molar-refractivity contribution is -0.117. The van der Waals surface area contributed by atoms with Crippen molar-refractivity contribution >= 4 is 48.0 Å². The molecular weight excluding hydrogens is 378 g/mol. The van der Waals surface area contributed by atoms with Crippen LogP contribution in [0.3, 0.4) is 0 Å². The summed E-state index contributed by atoms with van der Waals surface area (Å²) in [6, 6.07) is 0. The Morgan fingerprint density at radius 2 is 1.96 bits per heavy atom. The number of rotatable bonds is 6. The van der Waals surface area contributed by atoms with Gasteiger partial charge in [-0.05, 0) is 13.1 Å². The summed E-state index contributed by atoms with van der Waals surface area (Å²) in [5.74, 6) is 0.582. The van der Waals surface area contributed by atoms with Crippen molar-refractivity contribution in [1.82, 2.24) is 19.8 Å². The van der Waals surface area contributed by atoms with Crippen LogP contribution in [0, 0.1) is 0 Å². The van der Waals surface area contributed by atoms with Crippen LogP contribution in [-0.2, 0) is 4.79 Å². The molecule has 1 fully saturated rings. The van der Waals surface area contributed by atoms with E-state index in [0.29, 0.717) is 17.6 Å². The highest BCUT2D eigenvalue weighted by atomic mass is 32.1. The summed E-state index contributed by atoms with van der Waals surface area (Å²) in [4.78, 5) is 26.2.